The van der Waals surface area contributed by atoms with Crippen LogP contribution in [0.25, 0.3) is 0 Å². The van der Waals surface area contributed by atoms with Gasteiger partial charge in [0.1, 0.15) is 0 Å². The molecule has 178 valence electrons. The van der Waals surface area contributed by atoms with Crippen LogP contribution in [-0.2, 0) is 4.79 Å². The van der Waals surface area contributed by atoms with Gasteiger partial charge in [0.15, 0.2) is 0 Å². The Labute approximate surface area is 201 Å². The van der Waals surface area contributed by atoms with E-state index in [2.05, 4.69) is 10.6 Å². The molecule has 11 nitrogen and oxygen atoms in total. The fourth-order valence-electron chi connectivity index (χ4n) is 2.90. The molecule has 0 saturated heterocycles. The number of anilines is 2. The number of carboxylic acids is 2. The second kappa shape index (κ2) is 10.9. The van der Waals surface area contributed by atoms with Gasteiger partial charge in [0.05, 0.1) is 27.4 Å². The summed E-state index contributed by atoms with van der Waals surface area (Å²) in [4.78, 5) is 58.0. The number of carboxylic acid groups (broad SMARTS) is 2. The van der Waals surface area contributed by atoms with Gasteiger partial charge in [-0.25, -0.2) is 9.59 Å². The smallest absolute Gasteiger partial charge is 0.336 e. The van der Waals surface area contributed by atoms with Crippen molar-refractivity contribution in [3.8, 4) is 0 Å². The molecule has 35 heavy (non-hydrogen) atoms. The number of nitrogens with one attached hydrogen (secondary N) is 2. The predicted molar refractivity (Wildman–Crippen MR) is 127 cm³/mol. The van der Waals surface area contributed by atoms with E-state index in [-0.39, 0.29) is 28.5 Å². The molecule has 4 N–H and O–H groups in total. The third-order valence-electron chi connectivity index (χ3n) is 4.59. The number of benzene rings is 3. The van der Waals surface area contributed by atoms with Crippen molar-refractivity contribution in [3.63, 3.8) is 0 Å². The number of rotatable bonds is 9. The number of nitrogens with zero attached hydrogens (tertiary/aromatic N) is 1. The van der Waals surface area contributed by atoms with E-state index in [0.29, 0.717) is 11.4 Å². The minimum absolute atomic E-state index is 0.0700. The molecule has 0 fully saturated rings. The fourth-order valence-corrected chi connectivity index (χ4v) is 3.60. The molecular weight excluding hydrogens is 478 g/mol. The number of carbonyl (C=O) groups excluding carboxylic acids is 2. The molecule has 2 amide bonds. The molecule has 0 unspecified atom stereocenters. The number of nitro benzene ring substituents is 1. The van der Waals surface area contributed by atoms with Gasteiger partial charge in [-0.3, -0.25) is 19.7 Å². The van der Waals surface area contributed by atoms with Gasteiger partial charge in [0.2, 0.25) is 5.91 Å². The maximum absolute atomic E-state index is 12.5. The van der Waals surface area contributed by atoms with Crippen LogP contribution in [0.4, 0.5) is 17.1 Å². The largest absolute Gasteiger partial charge is 0.478 e. The lowest BCUT2D eigenvalue weighted by Crippen LogP contribution is -2.17. The quantitative estimate of drug-likeness (QED) is 0.194. The van der Waals surface area contributed by atoms with Gasteiger partial charge < -0.3 is 20.8 Å². The lowest BCUT2D eigenvalue weighted by Gasteiger charge is -2.09. The van der Waals surface area contributed by atoms with Crippen molar-refractivity contribution in [1.29, 1.82) is 0 Å². The lowest BCUT2D eigenvalue weighted by molar-refractivity contribution is -0.384. The highest BCUT2D eigenvalue weighted by Gasteiger charge is 2.19. The summed E-state index contributed by atoms with van der Waals surface area (Å²) in [5, 5.41) is 34.2. The van der Waals surface area contributed by atoms with Crippen LogP contribution in [0.15, 0.2) is 71.6 Å². The van der Waals surface area contributed by atoms with Gasteiger partial charge >= 0.3 is 11.9 Å². The first-order valence-corrected chi connectivity index (χ1v) is 10.8. The number of nitro groups is 1. The normalized spacial score (nSPS) is 10.3. The molecule has 0 aliphatic heterocycles. The van der Waals surface area contributed by atoms with Crippen molar-refractivity contribution in [1.82, 2.24) is 0 Å². The highest BCUT2D eigenvalue weighted by Crippen LogP contribution is 2.22. The van der Waals surface area contributed by atoms with Gasteiger partial charge in [-0.1, -0.05) is 0 Å². The third kappa shape index (κ3) is 6.65. The Bertz CT molecular complexity index is 1310. The van der Waals surface area contributed by atoms with Crippen molar-refractivity contribution >= 4 is 52.6 Å². The lowest BCUT2D eigenvalue weighted by atomic mass is 10.0. The van der Waals surface area contributed by atoms with Crippen LogP contribution in [0.2, 0.25) is 0 Å². The van der Waals surface area contributed by atoms with Gasteiger partial charge in [0.25, 0.3) is 11.6 Å². The number of non-ortho nitro benzene ring substituents is 1. The number of amides is 2. The van der Waals surface area contributed by atoms with E-state index in [9.17, 15) is 34.4 Å². The Hall–Kier alpha value is -4.71. The monoisotopic (exact) mass is 495 g/mol. The van der Waals surface area contributed by atoms with Gasteiger partial charge in [-0.2, -0.15) is 0 Å². The molecule has 3 aromatic carbocycles. The van der Waals surface area contributed by atoms with E-state index < -0.39 is 28.3 Å². The summed E-state index contributed by atoms with van der Waals surface area (Å²) in [6.45, 7) is 0. The van der Waals surface area contributed by atoms with Crippen LogP contribution in [0.1, 0.15) is 31.1 Å². The highest BCUT2D eigenvalue weighted by atomic mass is 32.2. The molecule has 0 radical (unpaired) electrons. The minimum atomic E-state index is -1.43. The Morgan fingerprint density at radius 2 is 1.40 bits per heavy atom. The SMILES string of the molecule is O=C(CSc1ccc(NC(=O)c2ccc(C(=O)O)cc2C(=O)O)cc1)Nc1ccc([N+](=O)[O-])cc1. The summed E-state index contributed by atoms with van der Waals surface area (Å²) in [5.41, 5.74) is -0.166. The Morgan fingerprint density at radius 3 is 1.97 bits per heavy atom. The first-order valence-electron chi connectivity index (χ1n) is 9.83. The molecule has 0 spiro atoms. The predicted octanol–water partition coefficient (Wildman–Crippen LogP) is 3.97. The molecule has 12 heteroatoms. The van der Waals surface area contributed by atoms with Crippen molar-refractivity contribution < 1.29 is 34.3 Å². The van der Waals surface area contributed by atoms with E-state index in [1.54, 1.807) is 24.3 Å². The highest BCUT2D eigenvalue weighted by molar-refractivity contribution is 8.00. The van der Waals surface area contributed by atoms with E-state index in [1.165, 1.54) is 36.0 Å². The topological polar surface area (TPSA) is 176 Å². The summed E-state index contributed by atoms with van der Waals surface area (Å²) in [5.74, 6) is -3.71. The van der Waals surface area contributed by atoms with E-state index in [4.69, 9.17) is 5.11 Å². The van der Waals surface area contributed by atoms with Crippen molar-refractivity contribution in [3.05, 3.63) is 93.5 Å². The zero-order valence-electron chi connectivity index (χ0n) is 17.8. The number of aromatic carboxylic acids is 2. The summed E-state index contributed by atoms with van der Waals surface area (Å²) in [6, 6.07) is 15.1. The molecule has 0 bridgehead atoms. The third-order valence-corrected chi connectivity index (χ3v) is 5.60. The molecular formula is C23H17N3O8S. The van der Waals surface area contributed by atoms with Crippen molar-refractivity contribution in [2.75, 3.05) is 16.4 Å². The van der Waals surface area contributed by atoms with Crippen LogP contribution in [0.5, 0.6) is 0 Å². The molecule has 0 aliphatic carbocycles. The second-order valence-electron chi connectivity index (χ2n) is 6.99. The van der Waals surface area contributed by atoms with Crippen LogP contribution >= 0.6 is 11.8 Å². The number of hydrogen-bond acceptors (Lipinski definition) is 7. The Kier molecular flexibility index (Phi) is 7.79. The van der Waals surface area contributed by atoms with Crippen LogP contribution in [0, 0.1) is 10.1 Å². The van der Waals surface area contributed by atoms with E-state index >= 15 is 0 Å². The molecule has 0 heterocycles. The second-order valence-corrected chi connectivity index (χ2v) is 8.04. The minimum Gasteiger partial charge on any atom is -0.478 e. The Morgan fingerprint density at radius 1 is 0.800 bits per heavy atom. The first-order chi connectivity index (χ1) is 16.6. The van der Waals surface area contributed by atoms with Gasteiger partial charge in [-0.05, 0) is 54.6 Å². The summed E-state index contributed by atoms with van der Waals surface area (Å²) in [6.07, 6.45) is 0. The molecule has 0 atom stereocenters. The summed E-state index contributed by atoms with van der Waals surface area (Å²) >= 11 is 1.22. The molecule has 0 aliphatic rings. The molecule has 0 aromatic heterocycles. The average molecular weight is 495 g/mol. The first kappa shape index (κ1) is 24.9. The van der Waals surface area contributed by atoms with Crippen molar-refractivity contribution in [2.45, 2.75) is 4.90 Å². The van der Waals surface area contributed by atoms with Gasteiger partial charge in [0, 0.05) is 28.4 Å². The standard InChI is InChI=1S/C23H17N3O8S/c27-20(24-14-2-6-16(7-3-14)26(33)34)12-35-17-8-4-15(5-9-17)25-21(28)18-10-1-13(22(29)30)11-19(18)23(31)32/h1-11H,12H2,(H,24,27)(H,25,28)(H,29,30)(H,31,32). The van der Waals surface area contributed by atoms with Crippen LogP contribution < -0.4 is 10.6 Å². The fraction of sp³-hybridized carbons (Fsp3) is 0.0435. The van der Waals surface area contributed by atoms with Gasteiger partial charge in [-0.15, -0.1) is 11.8 Å². The summed E-state index contributed by atoms with van der Waals surface area (Å²) < 4.78 is 0. The van der Waals surface area contributed by atoms with Crippen LogP contribution in [-0.4, -0.2) is 44.6 Å². The number of carbonyl (C=O) groups is 4. The maximum atomic E-state index is 12.5. The maximum Gasteiger partial charge on any atom is 0.336 e. The molecule has 3 rings (SSSR count). The molecule has 0 saturated carbocycles. The molecule has 3 aromatic rings. The van der Waals surface area contributed by atoms with Crippen molar-refractivity contribution in [2.24, 2.45) is 0 Å². The zero-order valence-corrected chi connectivity index (χ0v) is 18.6. The van der Waals surface area contributed by atoms with Crippen LogP contribution in [0.3, 0.4) is 0 Å². The summed E-state index contributed by atoms with van der Waals surface area (Å²) in [7, 11) is 0. The zero-order chi connectivity index (χ0) is 25.5. The Balaban J connectivity index is 1.57. The van der Waals surface area contributed by atoms with E-state index in [0.717, 1.165) is 23.1 Å². The number of thioether (sulfide) groups is 1. The average Bonchev–Trinajstić information content (AvgIpc) is 2.83. The number of hydrogen-bond donors (Lipinski definition) is 4. The van der Waals surface area contributed by atoms with E-state index in [1.807, 2.05) is 0 Å².